The molecule has 2 fully saturated rings. The van der Waals surface area contributed by atoms with Gasteiger partial charge >= 0.3 is 5.97 Å². The Balaban J connectivity index is 1.39. The summed E-state index contributed by atoms with van der Waals surface area (Å²) < 4.78 is 12.8. The maximum Gasteiger partial charge on any atom is 0.302 e. The highest BCUT2D eigenvalue weighted by Gasteiger charge is 2.65. The summed E-state index contributed by atoms with van der Waals surface area (Å²) in [5, 5.41) is 2.36. The molecule has 2 aromatic rings. The second-order valence-corrected chi connectivity index (χ2v) is 12.4. The lowest BCUT2D eigenvalue weighted by molar-refractivity contribution is -0.147. The molecule has 3 aliphatic carbocycles. The second-order valence-electron chi connectivity index (χ2n) is 12.4. The number of carbonyl (C=O) groups is 2. The van der Waals surface area contributed by atoms with Crippen LogP contribution in [-0.4, -0.2) is 49.1 Å². The number of hydrogen-bond donors (Lipinski definition) is 1. The number of Topliss-reactive ketones (excluding diaryl/α,β-unsaturated/α-hetero) is 1. The van der Waals surface area contributed by atoms with Crippen molar-refractivity contribution in [2.45, 2.75) is 63.7 Å². The molecule has 6 nitrogen and oxygen atoms in total. The first-order chi connectivity index (χ1) is 18.1. The van der Waals surface area contributed by atoms with Gasteiger partial charge in [-0.3, -0.25) is 15.3 Å². The van der Waals surface area contributed by atoms with Gasteiger partial charge in [0, 0.05) is 38.1 Å². The van der Waals surface area contributed by atoms with Gasteiger partial charge in [0.1, 0.15) is 11.9 Å². The third-order valence-electron chi connectivity index (χ3n) is 9.53. The molecule has 200 valence electrons. The molecule has 0 amide bonds. The molecule has 2 aromatic carbocycles. The van der Waals surface area contributed by atoms with E-state index in [-0.39, 0.29) is 41.0 Å². The number of ether oxygens (including phenoxy) is 2. The predicted octanol–water partition coefficient (Wildman–Crippen LogP) is 5.08. The number of carbonyl (C=O) groups excluding carboxylic acids is 2. The summed E-state index contributed by atoms with van der Waals surface area (Å²) in [5.41, 5.74) is 8.89. The molecule has 6 atom stereocenters. The summed E-state index contributed by atoms with van der Waals surface area (Å²) in [6.45, 7) is 4.61. The van der Waals surface area contributed by atoms with Crippen molar-refractivity contribution in [3.63, 3.8) is 0 Å². The monoisotopic (exact) mass is 514 g/mol. The maximum absolute atomic E-state index is 13.1. The Morgan fingerprint density at radius 2 is 1.92 bits per heavy atom. The molecule has 6 rings (SSSR count). The Bertz CT molecular complexity index is 1380. The molecule has 1 aliphatic heterocycles. The Morgan fingerprint density at radius 1 is 1.16 bits per heavy atom. The topological polar surface area (TPSA) is 81.9 Å². The largest absolute Gasteiger partial charge is 0.472 e. The van der Waals surface area contributed by atoms with Crippen LogP contribution in [0.25, 0.3) is 10.8 Å². The van der Waals surface area contributed by atoms with Gasteiger partial charge in [-0.1, -0.05) is 49.4 Å². The highest BCUT2D eigenvalue weighted by atomic mass is 16.5. The molecule has 2 saturated carbocycles. The summed E-state index contributed by atoms with van der Waals surface area (Å²) in [6, 6.07) is 14.9. The van der Waals surface area contributed by atoms with Gasteiger partial charge in [0.25, 0.3) is 0 Å². The van der Waals surface area contributed by atoms with Crippen molar-refractivity contribution in [2.75, 3.05) is 20.6 Å². The van der Waals surface area contributed by atoms with Gasteiger partial charge in [-0.25, -0.2) is 0 Å². The summed E-state index contributed by atoms with van der Waals surface area (Å²) in [6.07, 6.45) is 5.27. The number of hydrogen-bond acceptors (Lipinski definition) is 6. The molecule has 1 unspecified atom stereocenters. The molecular formula is C32H38N2O4. The zero-order chi connectivity index (χ0) is 26.8. The highest BCUT2D eigenvalue weighted by molar-refractivity contribution is 6.00. The Morgan fingerprint density at radius 3 is 2.66 bits per heavy atom. The van der Waals surface area contributed by atoms with Crippen molar-refractivity contribution >= 4 is 22.5 Å². The zero-order valence-electron chi connectivity index (χ0n) is 22.8. The fourth-order valence-corrected chi connectivity index (χ4v) is 8.00. The predicted molar refractivity (Wildman–Crippen MR) is 147 cm³/mol. The van der Waals surface area contributed by atoms with E-state index in [0.29, 0.717) is 24.8 Å². The molecule has 0 spiro atoms. The molecule has 1 heterocycles. The Hall–Kier alpha value is -2.96. The van der Waals surface area contributed by atoms with E-state index in [1.807, 2.05) is 26.2 Å². The van der Waals surface area contributed by atoms with E-state index in [1.54, 1.807) is 0 Å². The lowest BCUT2D eigenvalue weighted by atomic mass is 9.58. The first-order valence-electron chi connectivity index (χ1n) is 13.8. The Kier molecular flexibility index (Phi) is 6.04. The van der Waals surface area contributed by atoms with Crippen molar-refractivity contribution in [1.29, 1.82) is 0 Å². The van der Waals surface area contributed by atoms with Crippen LogP contribution in [0.15, 0.2) is 65.4 Å². The van der Waals surface area contributed by atoms with Crippen LogP contribution >= 0.6 is 0 Å². The Labute approximate surface area is 224 Å². The van der Waals surface area contributed by atoms with Gasteiger partial charge in [0.2, 0.25) is 0 Å². The van der Waals surface area contributed by atoms with Gasteiger partial charge < -0.3 is 14.4 Å². The third kappa shape index (κ3) is 4.00. The lowest BCUT2D eigenvalue weighted by Gasteiger charge is -2.53. The van der Waals surface area contributed by atoms with Gasteiger partial charge in [-0.05, 0) is 72.7 Å². The minimum Gasteiger partial charge on any atom is -0.472 e. The van der Waals surface area contributed by atoms with E-state index in [0.717, 1.165) is 30.7 Å². The van der Waals surface area contributed by atoms with Crippen molar-refractivity contribution in [2.24, 2.45) is 23.0 Å². The fraction of sp³-hybridized carbons (Fsp3) is 0.500. The van der Waals surface area contributed by atoms with E-state index in [1.165, 1.54) is 23.3 Å². The van der Waals surface area contributed by atoms with Crippen molar-refractivity contribution in [1.82, 2.24) is 4.90 Å². The molecule has 0 radical (unpaired) electrons. The number of benzene rings is 2. The van der Waals surface area contributed by atoms with Crippen LogP contribution in [-0.2, 0) is 19.1 Å². The van der Waals surface area contributed by atoms with Crippen LogP contribution in [0.5, 0.6) is 0 Å². The number of nitrogens with zero attached hydrogens (tertiary/aromatic N) is 1. The summed E-state index contributed by atoms with van der Waals surface area (Å²) in [7, 11) is 4.07. The molecule has 38 heavy (non-hydrogen) atoms. The number of rotatable bonds is 4. The normalized spacial score (nSPS) is 34.4. The summed E-state index contributed by atoms with van der Waals surface area (Å²) in [4.78, 5) is 27.5. The lowest BCUT2D eigenvalue weighted by Crippen LogP contribution is -2.59. The van der Waals surface area contributed by atoms with E-state index < -0.39 is 5.72 Å². The van der Waals surface area contributed by atoms with Crippen molar-refractivity contribution in [3.8, 4) is 0 Å². The van der Waals surface area contributed by atoms with E-state index in [4.69, 9.17) is 15.2 Å². The second kappa shape index (κ2) is 9.06. The molecular weight excluding hydrogens is 476 g/mol. The van der Waals surface area contributed by atoms with Gasteiger partial charge in [0.05, 0.1) is 5.57 Å². The number of ketones is 1. The van der Waals surface area contributed by atoms with Crippen molar-refractivity contribution < 1.29 is 19.1 Å². The molecule has 0 aromatic heterocycles. The average molecular weight is 515 g/mol. The van der Waals surface area contributed by atoms with E-state index in [2.05, 4.69) is 48.2 Å². The highest BCUT2D eigenvalue weighted by Crippen LogP contribution is 2.65. The van der Waals surface area contributed by atoms with Crippen LogP contribution in [0, 0.1) is 17.3 Å². The van der Waals surface area contributed by atoms with Gasteiger partial charge in [0.15, 0.2) is 11.5 Å². The van der Waals surface area contributed by atoms with Crippen LogP contribution in [0.4, 0.5) is 0 Å². The SMILES string of the molecule is CC(=O)O[C@@H]1C[C@@H]2[C@](C)(CCC3=CC4=C(CC(CN(C)C)CC4=O)O[C@]32N)[C@H]1c1ccc2ccccc2c1. The first-order valence-corrected chi connectivity index (χ1v) is 13.8. The van der Waals surface area contributed by atoms with Gasteiger partial charge in [-0.2, -0.15) is 0 Å². The average Bonchev–Trinajstić information content (AvgIpc) is 3.14. The standard InChI is InChI=1S/C32H38N2O4/c1-19(35)37-28-17-29-31(2,30(28)23-10-9-21-7-5-6-8-22(21)15-23)12-11-24-16-25-26(36)13-20(18-34(3)4)14-27(25)38-32(24,29)33/h5-10,15-16,20,28-30H,11-14,17-18,33H2,1-4H3/t20?,28-,29-,30+,31+,32-/m1/s1. The molecule has 0 bridgehead atoms. The van der Waals surface area contributed by atoms with Gasteiger partial charge in [-0.15, -0.1) is 0 Å². The molecule has 2 N–H and O–H groups in total. The molecule has 0 saturated heterocycles. The van der Waals surface area contributed by atoms with Crippen LogP contribution < -0.4 is 5.73 Å². The maximum atomic E-state index is 13.1. The van der Waals surface area contributed by atoms with Crippen molar-refractivity contribution in [3.05, 3.63) is 71.0 Å². The fourth-order valence-electron chi connectivity index (χ4n) is 8.00. The smallest absolute Gasteiger partial charge is 0.302 e. The number of fused-ring (bicyclic) bond motifs is 4. The summed E-state index contributed by atoms with van der Waals surface area (Å²) >= 11 is 0. The van der Waals surface area contributed by atoms with E-state index in [9.17, 15) is 9.59 Å². The first kappa shape index (κ1) is 25.3. The minimum atomic E-state index is -1.02. The number of allylic oxidation sites excluding steroid dienone is 3. The van der Waals surface area contributed by atoms with Crippen LogP contribution in [0.2, 0.25) is 0 Å². The number of nitrogens with two attached hydrogens (primary N) is 1. The third-order valence-corrected chi connectivity index (χ3v) is 9.53. The van der Waals surface area contributed by atoms with E-state index >= 15 is 0 Å². The minimum absolute atomic E-state index is 0.00330. The number of esters is 1. The van der Waals surface area contributed by atoms with Crippen LogP contribution in [0.3, 0.4) is 0 Å². The quantitative estimate of drug-likeness (QED) is 0.573. The molecule has 6 heteroatoms. The zero-order valence-corrected chi connectivity index (χ0v) is 22.8. The molecule has 4 aliphatic rings. The van der Waals surface area contributed by atoms with Crippen LogP contribution in [0.1, 0.15) is 57.4 Å². The summed E-state index contributed by atoms with van der Waals surface area (Å²) in [5.74, 6) is 0.767.